The van der Waals surface area contributed by atoms with Gasteiger partial charge in [0.05, 0.1) is 9.99 Å². The van der Waals surface area contributed by atoms with Crippen LogP contribution in [0.3, 0.4) is 0 Å². The summed E-state index contributed by atoms with van der Waals surface area (Å²) in [6, 6.07) is 3.47. The Bertz CT molecular complexity index is 476. The maximum absolute atomic E-state index is 13.6. The molecule has 0 fully saturated rings. The first-order valence-corrected chi connectivity index (χ1v) is 4.67. The molecule has 1 aromatic heterocycles. The highest BCUT2D eigenvalue weighted by molar-refractivity contribution is 9.10. The van der Waals surface area contributed by atoms with E-state index in [-0.39, 0.29) is 5.82 Å². The number of hydrogen-bond acceptors (Lipinski definition) is 1. The van der Waals surface area contributed by atoms with Gasteiger partial charge in [0, 0.05) is 7.05 Å². The lowest BCUT2D eigenvalue weighted by Crippen LogP contribution is -1.93. The fraction of sp³-hybridized carbons (Fsp3) is 0.222. The summed E-state index contributed by atoms with van der Waals surface area (Å²) in [6.07, 6.45) is 0. The number of aromatic nitrogens is 2. The number of halogens is 2. The first-order chi connectivity index (χ1) is 6.11. The molecule has 0 spiro atoms. The zero-order chi connectivity index (χ0) is 9.59. The number of aryl methyl sites for hydroxylation is 2. The molecule has 0 atom stereocenters. The summed E-state index contributed by atoms with van der Waals surface area (Å²) >= 11 is 3.14. The van der Waals surface area contributed by atoms with Crippen molar-refractivity contribution in [3.05, 3.63) is 28.2 Å². The molecule has 4 heteroatoms. The fourth-order valence-corrected chi connectivity index (χ4v) is 1.67. The quantitative estimate of drug-likeness (QED) is 0.695. The molecule has 2 aromatic rings. The molecule has 68 valence electrons. The molecule has 0 aliphatic carbocycles. The first kappa shape index (κ1) is 8.69. The molecule has 1 aromatic carbocycles. The molecule has 0 saturated carbocycles. The van der Waals surface area contributed by atoms with Crippen molar-refractivity contribution in [2.24, 2.45) is 7.05 Å². The molecule has 0 aliphatic heterocycles. The molecule has 13 heavy (non-hydrogen) atoms. The Morgan fingerprint density at radius 2 is 2.15 bits per heavy atom. The zero-order valence-electron chi connectivity index (χ0n) is 7.31. The van der Waals surface area contributed by atoms with Crippen molar-refractivity contribution in [1.29, 1.82) is 0 Å². The third-order valence-corrected chi connectivity index (χ3v) is 2.76. The Hall–Kier alpha value is -0.900. The second kappa shape index (κ2) is 2.80. The van der Waals surface area contributed by atoms with Gasteiger partial charge in [-0.1, -0.05) is 0 Å². The molecule has 2 rings (SSSR count). The van der Waals surface area contributed by atoms with Gasteiger partial charge in [-0.3, -0.25) is 0 Å². The van der Waals surface area contributed by atoms with Crippen molar-refractivity contribution < 1.29 is 4.39 Å². The van der Waals surface area contributed by atoms with Crippen LogP contribution in [0.2, 0.25) is 0 Å². The Labute approximate surface area is 83.5 Å². The Balaban J connectivity index is 2.97. The number of fused-ring (bicyclic) bond motifs is 1. The van der Waals surface area contributed by atoms with Crippen LogP contribution in [0.15, 0.2) is 16.6 Å². The van der Waals surface area contributed by atoms with E-state index in [9.17, 15) is 4.39 Å². The monoisotopic (exact) mass is 242 g/mol. The molecule has 0 radical (unpaired) electrons. The van der Waals surface area contributed by atoms with Crippen LogP contribution in [0.4, 0.5) is 4.39 Å². The number of hydrogen-bond donors (Lipinski definition) is 0. The minimum absolute atomic E-state index is 0.249. The van der Waals surface area contributed by atoms with Gasteiger partial charge in [0.1, 0.15) is 11.3 Å². The minimum Gasteiger partial charge on any atom is -0.329 e. The fourth-order valence-electron chi connectivity index (χ4n) is 1.35. The van der Waals surface area contributed by atoms with Crippen LogP contribution in [0.25, 0.3) is 11.0 Å². The summed E-state index contributed by atoms with van der Waals surface area (Å²) < 4.78 is 15.8. The molecular formula is C9H8BrFN2. The van der Waals surface area contributed by atoms with Gasteiger partial charge in [-0.2, -0.15) is 0 Å². The lowest BCUT2D eigenvalue weighted by molar-refractivity contribution is 0.624. The Morgan fingerprint density at radius 1 is 1.46 bits per heavy atom. The SMILES string of the molecule is Cc1nc2ccc(Br)c(F)c2n1C. The highest BCUT2D eigenvalue weighted by atomic mass is 79.9. The molecule has 0 amide bonds. The van der Waals surface area contributed by atoms with Gasteiger partial charge in [-0.15, -0.1) is 0 Å². The van der Waals surface area contributed by atoms with E-state index in [0.717, 1.165) is 5.82 Å². The number of nitrogens with zero attached hydrogens (tertiary/aromatic N) is 2. The van der Waals surface area contributed by atoms with Crippen LogP contribution in [0.5, 0.6) is 0 Å². The summed E-state index contributed by atoms with van der Waals surface area (Å²) in [7, 11) is 1.81. The smallest absolute Gasteiger partial charge is 0.163 e. The molecule has 2 nitrogen and oxygen atoms in total. The van der Waals surface area contributed by atoms with Gasteiger partial charge in [0.25, 0.3) is 0 Å². The predicted octanol–water partition coefficient (Wildman–Crippen LogP) is 2.78. The van der Waals surface area contributed by atoms with Crippen LogP contribution in [0.1, 0.15) is 5.82 Å². The summed E-state index contributed by atoms with van der Waals surface area (Å²) in [4.78, 5) is 4.22. The third-order valence-electron chi connectivity index (χ3n) is 2.15. The number of imidazole rings is 1. The predicted molar refractivity (Wildman–Crippen MR) is 53.1 cm³/mol. The van der Waals surface area contributed by atoms with Crippen molar-refractivity contribution in [2.45, 2.75) is 6.92 Å². The average molecular weight is 243 g/mol. The van der Waals surface area contributed by atoms with E-state index in [1.807, 2.05) is 6.92 Å². The van der Waals surface area contributed by atoms with E-state index in [1.54, 1.807) is 23.7 Å². The van der Waals surface area contributed by atoms with Gasteiger partial charge in [-0.25, -0.2) is 9.37 Å². The summed E-state index contributed by atoms with van der Waals surface area (Å²) in [5.41, 5.74) is 1.24. The van der Waals surface area contributed by atoms with Gasteiger partial charge in [0.15, 0.2) is 5.82 Å². The topological polar surface area (TPSA) is 17.8 Å². The minimum atomic E-state index is -0.249. The lowest BCUT2D eigenvalue weighted by Gasteiger charge is -1.99. The van der Waals surface area contributed by atoms with E-state index in [2.05, 4.69) is 20.9 Å². The molecule has 0 aliphatic rings. The van der Waals surface area contributed by atoms with E-state index in [1.165, 1.54) is 0 Å². The standard InChI is InChI=1S/C9H8BrFN2/c1-5-12-7-4-3-6(10)8(11)9(7)13(5)2/h3-4H,1-2H3. The Kier molecular flexibility index (Phi) is 1.87. The van der Waals surface area contributed by atoms with Crippen LogP contribution >= 0.6 is 15.9 Å². The molecule has 0 unspecified atom stereocenters. The van der Waals surface area contributed by atoms with Crippen LogP contribution in [-0.2, 0) is 7.05 Å². The van der Waals surface area contributed by atoms with Crippen molar-refractivity contribution in [3.63, 3.8) is 0 Å². The zero-order valence-corrected chi connectivity index (χ0v) is 8.89. The van der Waals surface area contributed by atoms with Crippen molar-refractivity contribution in [1.82, 2.24) is 9.55 Å². The molecular weight excluding hydrogens is 235 g/mol. The van der Waals surface area contributed by atoms with Gasteiger partial charge in [-0.05, 0) is 35.0 Å². The first-order valence-electron chi connectivity index (χ1n) is 3.88. The van der Waals surface area contributed by atoms with Crippen molar-refractivity contribution >= 4 is 27.0 Å². The second-order valence-electron chi connectivity index (χ2n) is 2.95. The summed E-state index contributed by atoms with van der Waals surface area (Å²) in [5, 5.41) is 0. The molecule has 0 saturated heterocycles. The van der Waals surface area contributed by atoms with Gasteiger partial charge < -0.3 is 4.57 Å². The highest BCUT2D eigenvalue weighted by Crippen LogP contribution is 2.24. The van der Waals surface area contributed by atoms with E-state index in [0.29, 0.717) is 15.5 Å². The largest absolute Gasteiger partial charge is 0.329 e. The normalized spacial score (nSPS) is 11.1. The van der Waals surface area contributed by atoms with Crippen LogP contribution in [0, 0.1) is 12.7 Å². The van der Waals surface area contributed by atoms with E-state index < -0.39 is 0 Å². The molecule has 0 N–H and O–H groups in total. The second-order valence-corrected chi connectivity index (χ2v) is 3.80. The third kappa shape index (κ3) is 1.16. The maximum atomic E-state index is 13.6. The van der Waals surface area contributed by atoms with Crippen molar-refractivity contribution in [3.8, 4) is 0 Å². The van der Waals surface area contributed by atoms with Crippen LogP contribution in [-0.4, -0.2) is 9.55 Å². The summed E-state index contributed by atoms with van der Waals surface area (Å²) in [5.74, 6) is 0.563. The van der Waals surface area contributed by atoms with E-state index >= 15 is 0 Å². The van der Waals surface area contributed by atoms with Gasteiger partial charge >= 0.3 is 0 Å². The number of rotatable bonds is 0. The molecule has 1 heterocycles. The van der Waals surface area contributed by atoms with Crippen LogP contribution < -0.4 is 0 Å². The number of benzene rings is 1. The molecule has 0 bridgehead atoms. The summed E-state index contributed by atoms with van der Waals surface area (Å²) in [6.45, 7) is 1.85. The van der Waals surface area contributed by atoms with Crippen molar-refractivity contribution in [2.75, 3.05) is 0 Å². The highest BCUT2D eigenvalue weighted by Gasteiger charge is 2.11. The Morgan fingerprint density at radius 3 is 2.85 bits per heavy atom. The lowest BCUT2D eigenvalue weighted by atomic mass is 10.3. The van der Waals surface area contributed by atoms with E-state index in [4.69, 9.17) is 0 Å². The van der Waals surface area contributed by atoms with Gasteiger partial charge in [0.2, 0.25) is 0 Å². The maximum Gasteiger partial charge on any atom is 0.163 e. The average Bonchev–Trinajstić information content (AvgIpc) is 2.37.